The van der Waals surface area contributed by atoms with Gasteiger partial charge in [0.05, 0.1) is 5.75 Å². The molecule has 0 radical (unpaired) electrons. The van der Waals surface area contributed by atoms with Crippen molar-refractivity contribution < 1.29 is 13.2 Å². The first-order chi connectivity index (χ1) is 5.37. The highest BCUT2D eigenvalue weighted by Gasteiger charge is 2.10. The first-order valence-corrected chi connectivity index (χ1v) is 6.02. The lowest BCUT2D eigenvalue weighted by Crippen LogP contribution is -2.32. The zero-order chi connectivity index (χ0) is 9.78. The van der Waals surface area contributed by atoms with E-state index in [0.29, 0.717) is 6.54 Å². The summed E-state index contributed by atoms with van der Waals surface area (Å²) < 4.78 is 21.0. The molecule has 0 aromatic carbocycles. The molecular formula is C6H12ClNO3S. The van der Waals surface area contributed by atoms with E-state index in [-0.39, 0.29) is 18.2 Å². The molecule has 72 valence electrons. The maximum Gasteiger partial charge on any atom is 0.234 e. The summed E-state index contributed by atoms with van der Waals surface area (Å²) in [6.07, 6.45) is 0. The Morgan fingerprint density at radius 2 is 2.00 bits per heavy atom. The van der Waals surface area contributed by atoms with Crippen molar-refractivity contribution in [3.05, 3.63) is 0 Å². The highest BCUT2D eigenvalue weighted by molar-refractivity contribution is 8.13. The van der Waals surface area contributed by atoms with E-state index in [1.807, 2.05) is 0 Å². The van der Waals surface area contributed by atoms with Crippen LogP contribution in [0.25, 0.3) is 0 Å². The summed E-state index contributed by atoms with van der Waals surface area (Å²) in [5.41, 5.74) is 0. The molecule has 1 amide bonds. The lowest BCUT2D eigenvalue weighted by Gasteiger charge is -2.17. The smallest absolute Gasteiger partial charge is 0.234 e. The molecule has 0 N–H and O–H groups in total. The Morgan fingerprint density at radius 1 is 1.50 bits per heavy atom. The topological polar surface area (TPSA) is 54.5 Å². The van der Waals surface area contributed by atoms with Crippen molar-refractivity contribution in [1.82, 2.24) is 4.90 Å². The van der Waals surface area contributed by atoms with Gasteiger partial charge in [0.1, 0.15) is 0 Å². The van der Waals surface area contributed by atoms with Gasteiger partial charge in [0.15, 0.2) is 0 Å². The van der Waals surface area contributed by atoms with Crippen LogP contribution in [0, 0.1) is 0 Å². The zero-order valence-corrected chi connectivity index (χ0v) is 8.65. The van der Waals surface area contributed by atoms with Crippen molar-refractivity contribution in [3.63, 3.8) is 0 Å². The largest absolute Gasteiger partial charge is 0.342 e. The van der Waals surface area contributed by atoms with Gasteiger partial charge in [-0.25, -0.2) is 8.42 Å². The first-order valence-electron chi connectivity index (χ1n) is 3.54. The molecule has 4 nitrogen and oxygen atoms in total. The standard InChI is InChI=1S/C6H12ClNO3S/c1-3-8(6(2)9)4-5-12(7,10)11/h3-5H2,1-2H3. The number of hydrogen-bond donors (Lipinski definition) is 0. The van der Waals surface area contributed by atoms with Gasteiger partial charge in [-0.2, -0.15) is 0 Å². The average molecular weight is 214 g/mol. The predicted molar refractivity (Wildman–Crippen MR) is 47.6 cm³/mol. The van der Waals surface area contributed by atoms with Crippen molar-refractivity contribution in [2.75, 3.05) is 18.8 Å². The summed E-state index contributed by atoms with van der Waals surface area (Å²) in [6.45, 7) is 3.84. The molecule has 0 unspecified atom stereocenters. The number of halogens is 1. The summed E-state index contributed by atoms with van der Waals surface area (Å²) in [7, 11) is 1.49. The van der Waals surface area contributed by atoms with E-state index < -0.39 is 9.05 Å². The number of amides is 1. The Kier molecular flexibility index (Phi) is 4.55. The lowest BCUT2D eigenvalue weighted by molar-refractivity contribution is -0.128. The molecular weight excluding hydrogens is 202 g/mol. The Hall–Kier alpha value is -0.290. The van der Waals surface area contributed by atoms with Gasteiger partial charge in [-0.3, -0.25) is 4.79 Å². The minimum absolute atomic E-state index is 0.141. The normalized spacial score (nSPS) is 11.2. The Balaban J connectivity index is 3.98. The minimum Gasteiger partial charge on any atom is -0.342 e. The van der Waals surface area contributed by atoms with Gasteiger partial charge in [-0.1, -0.05) is 0 Å². The first kappa shape index (κ1) is 11.7. The van der Waals surface area contributed by atoms with Gasteiger partial charge in [-0.15, -0.1) is 0 Å². The molecule has 0 bridgehead atoms. The van der Waals surface area contributed by atoms with Crippen LogP contribution >= 0.6 is 10.7 Å². The molecule has 0 aliphatic rings. The summed E-state index contributed by atoms with van der Waals surface area (Å²) in [6, 6.07) is 0. The van der Waals surface area contributed by atoms with E-state index in [2.05, 4.69) is 0 Å². The van der Waals surface area contributed by atoms with E-state index in [0.717, 1.165) is 0 Å². The number of carbonyl (C=O) groups excluding carboxylic acids is 1. The lowest BCUT2D eigenvalue weighted by atomic mass is 10.5. The monoisotopic (exact) mass is 213 g/mol. The summed E-state index contributed by atoms with van der Waals surface area (Å²) in [5.74, 6) is -0.333. The molecule has 0 aromatic rings. The van der Waals surface area contributed by atoms with E-state index in [9.17, 15) is 13.2 Å². The second-order valence-electron chi connectivity index (χ2n) is 2.34. The molecule has 0 rings (SSSR count). The molecule has 0 fully saturated rings. The van der Waals surface area contributed by atoms with Crippen LogP contribution in [0.4, 0.5) is 0 Å². The SMILES string of the molecule is CCN(CCS(=O)(=O)Cl)C(C)=O. The van der Waals surface area contributed by atoms with Crippen LogP contribution in [0.2, 0.25) is 0 Å². The molecule has 0 heterocycles. The molecule has 0 aromatic heterocycles. The van der Waals surface area contributed by atoms with Crippen LogP contribution in [0.15, 0.2) is 0 Å². The Morgan fingerprint density at radius 3 is 2.25 bits per heavy atom. The molecule has 0 saturated heterocycles. The predicted octanol–water partition coefficient (Wildman–Crippen LogP) is 0.423. The second kappa shape index (κ2) is 4.67. The number of carbonyl (C=O) groups is 1. The van der Waals surface area contributed by atoms with Gasteiger partial charge >= 0.3 is 0 Å². The highest BCUT2D eigenvalue weighted by atomic mass is 35.7. The number of hydrogen-bond acceptors (Lipinski definition) is 3. The van der Waals surface area contributed by atoms with Gasteiger partial charge in [0.2, 0.25) is 15.0 Å². The summed E-state index contributed by atoms with van der Waals surface area (Å²) in [5, 5.41) is 0. The Bertz CT molecular complexity index is 250. The van der Waals surface area contributed by atoms with Crippen molar-refractivity contribution >= 4 is 25.6 Å². The third-order valence-electron chi connectivity index (χ3n) is 1.43. The number of rotatable bonds is 4. The molecule has 0 atom stereocenters. The zero-order valence-electron chi connectivity index (χ0n) is 7.08. The van der Waals surface area contributed by atoms with Crippen molar-refractivity contribution in [1.29, 1.82) is 0 Å². The van der Waals surface area contributed by atoms with Crippen molar-refractivity contribution in [3.8, 4) is 0 Å². The van der Waals surface area contributed by atoms with Crippen LogP contribution < -0.4 is 0 Å². The quantitative estimate of drug-likeness (QED) is 0.637. The molecule has 6 heteroatoms. The molecule has 12 heavy (non-hydrogen) atoms. The third-order valence-corrected chi connectivity index (χ3v) is 2.57. The maximum absolute atomic E-state index is 10.8. The van der Waals surface area contributed by atoms with Crippen LogP contribution in [0.3, 0.4) is 0 Å². The van der Waals surface area contributed by atoms with Gasteiger partial charge in [-0.05, 0) is 6.92 Å². The van der Waals surface area contributed by atoms with E-state index in [4.69, 9.17) is 10.7 Å². The number of nitrogens with zero attached hydrogens (tertiary/aromatic N) is 1. The molecule has 0 aliphatic heterocycles. The van der Waals surface area contributed by atoms with Crippen LogP contribution in [-0.2, 0) is 13.8 Å². The third kappa shape index (κ3) is 5.37. The fourth-order valence-electron chi connectivity index (χ4n) is 0.757. The molecule has 0 spiro atoms. The van der Waals surface area contributed by atoms with Crippen LogP contribution in [-0.4, -0.2) is 38.1 Å². The van der Waals surface area contributed by atoms with E-state index >= 15 is 0 Å². The fraction of sp³-hybridized carbons (Fsp3) is 0.833. The van der Waals surface area contributed by atoms with Gasteiger partial charge in [0.25, 0.3) is 0 Å². The van der Waals surface area contributed by atoms with Crippen LogP contribution in [0.1, 0.15) is 13.8 Å². The van der Waals surface area contributed by atoms with E-state index in [1.165, 1.54) is 11.8 Å². The van der Waals surface area contributed by atoms with E-state index in [1.54, 1.807) is 6.92 Å². The van der Waals surface area contributed by atoms with Crippen molar-refractivity contribution in [2.45, 2.75) is 13.8 Å². The fourth-order valence-corrected chi connectivity index (χ4v) is 1.40. The Labute approximate surface area is 76.9 Å². The minimum atomic E-state index is -3.48. The van der Waals surface area contributed by atoms with Gasteiger partial charge in [0, 0.05) is 30.7 Å². The second-order valence-corrected chi connectivity index (χ2v) is 5.24. The maximum atomic E-state index is 10.8. The summed E-state index contributed by atoms with van der Waals surface area (Å²) in [4.78, 5) is 12.2. The van der Waals surface area contributed by atoms with Crippen LogP contribution in [0.5, 0.6) is 0 Å². The van der Waals surface area contributed by atoms with Crippen molar-refractivity contribution in [2.24, 2.45) is 0 Å². The summed E-state index contributed by atoms with van der Waals surface area (Å²) >= 11 is 0. The molecule has 0 aliphatic carbocycles. The highest BCUT2D eigenvalue weighted by Crippen LogP contribution is 1.98. The molecule has 0 saturated carbocycles. The van der Waals surface area contributed by atoms with Gasteiger partial charge < -0.3 is 4.90 Å². The average Bonchev–Trinajstić information content (AvgIpc) is 1.85.